The predicted octanol–water partition coefficient (Wildman–Crippen LogP) is 1.41. The number of hydrogen-bond donors (Lipinski definition) is 1. The molecule has 0 atom stereocenters. The Hall–Kier alpha value is -1.43. The maximum atomic E-state index is 13.0. The number of nitrogens with one attached hydrogen (secondary N) is 1. The summed E-state index contributed by atoms with van der Waals surface area (Å²) >= 11 is 0. The van der Waals surface area contributed by atoms with Gasteiger partial charge in [0.2, 0.25) is 5.91 Å². The van der Waals surface area contributed by atoms with Crippen LogP contribution in [0, 0.1) is 6.92 Å². The van der Waals surface area contributed by atoms with Crippen LogP contribution in [0.25, 0.3) is 0 Å². The fraction of sp³-hybridized carbons (Fsp3) is 0.611. The number of rotatable bonds is 4. The molecule has 3 rings (SSSR count). The van der Waals surface area contributed by atoms with Crippen molar-refractivity contribution in [2.24, 2.45) is 0 Å². The number of carbonyl (C=O) groups is 1. The Morgan fingerprint density at radius 1 is 1.22 bits per heavy atom. The van der Waals surface area contributed by atoms with Crippen molar-refractivity contribution >= 4 is 11.6 Å². The molecule has 0 unspecified atom stereocenters. The standard InChI is InChI=1S/C18H27N3O2/c1-15-2-4-16(5-3-15)21(17-6-8-19-9-7-17)18(22)14-20-10-12-23-13-11-20/h2-5,17,19H,6-14H2,1H3. The maximum Gasteiger partial charge on any atom is 0.241 e. The van der Waals surface area contributed by atoms with E-state index >= 15 is 0 Å². The van der Waals surface area contributed by atoms with Crippen LogP contribution in [-0.4, -0.2) is 62.8 Å². The van der Waals surface area contributed by atoms with Gasteiger partial charge in [-0.25, -0.2) is 0 Å². The van der Waals surface area contributed by atoms with Gasteiger partial charge < -0.3 is 15.0 Å². The Morgan fingerprint density at radius 2 is 1.87 bits per heavy atom. The third kappa shape index (κ3) is 4.31. The molecule has 1 aromatic carbocycles. The van der Waals surface area contributed by atoms with Crippen LogP contribution in [0.3, 0.4) is 0 Å². The first-order chi connectivity index (χ1) is 11.2. The number of hydrogen-bond acceptors (Lipinski definition) is 4. The first-order valence-corrected chi connectivity index (χ1v) is 8.63. The summed E-state index contributed by atoms with van der Waals surface area (Å²) in [5.41, 5.74) is 2.25. The first-order valence-electron chi connectivity index (χ1n) is 8.63. The summed E-state index contributed by atoms with van der Waals surface area (Å²) in [5.74, 6) is 0.211. The Kier molecular flexibility index (Phi) is 5.65. The topological polar surface area (TPSA) is 44.8 Å². The van der Waals surface area contributed by atoms with E-state index < -0.39 is 0 Å². The normalized spacial score (nSPS) is 20.4. The fourth-order valence-electron chi connectivity index (χ4n) is 3.36. The lowest BCUT2D eigenvalue weighted by Crippen LogP contribution is -2.51. The van der Waals surface area contributed by atoms with E-state index in [1.165, 1.54) is 5.56 Å². The zero-order valence-corrected chi connectivity index (χ0v) is 14.0. The molecule has 0 spiro atoms. The minimum Gasteiger partial charge on any atom is -0.379 e. The molecule has 2 aliphatic heterocycles. The van der Waals surface area contributed by atoms with Crippen molar-refractivity contribution in [1.29, 1.82) is 0 Å². The van der Waals surface area contributed by atoms with Crippen LogP contribution in [-0.2, 0) is 9.53 Å². The second kappa shape index (κ2) is 7.90. The van der Waals surface area contributed by atoms with Crippen LogP contribution in [0.5, 0.6) is 0 Å². The van der Waals surface area contributed by atoms with Crippen LogP contribution in [0.15, 0.2) is 24.3 Å². The van der Waals surface area contributed by atoms with Gasteiger partial charge >= 0.3 is 0 Å². The van der Waals surface area contributed by atoms with E-state index in [1.807, 2.05) is 4.90 Å². The smallest absolute Gasteiger partial charge is 0.241 e. The van der Waals surface area contributed by atoms with Crippen molar-refractivity contribution in [3.63, 3.8) is 0 Å². The van der Waals surface area contributed by atoms with Gasteiger partial charge in [0.1, 0.15) is 0 Å². The summed E-state index contributed by atoms with van der Waals surface area (Å²) < 4.78 is 5.38. The lowest BCUT2D eigenvalue weighted by atomic mass is 10.0. The van der Waals surface area contributed by atoms with Gasteiger partial charge in [-0.2, -0.15) is 0 Å². The summed E-state index contributed by atoms with van der Waals surface area (Å²) in [4.78, 5) is 17.3. The fourth-order valence-corrected chi connectivity index (χ4v) is 3.36. The van der Waals surface area contributed by atoms with Crippen molar-refractivity contribution in [2.45, 2.75) is 25.8 Å². The van der Waals surface area contributed by atoms with Crippen LogP contribution >= 0.6 is 0 Å². The van der Waals surface area contributed by atoms with Gasteiger partial charge in [-0.3, -0.25) is 9.69 Å². The number of morpholine rings is 1. The molecule has 2 saturated heterocycles. The van der Waals surface area contributed by atoms with Crippen molar-refractivity contribution in [2.75, 3.05) is 50.8 Å². The lowest BCUT2D eigenvalue weighted by Gasteiger charge is -2.36. The SMILES string of the molecule is Cc1ccc(N(C(=O)CN2CCOCC2)C2CCNCC2)cc1. The zero-order valence-electron chi connectivity index (χ0n) is 14.0. The summed E-state index contributed by atoms with van der Waals surface area (Å²) in [6.07, 6.45) is 2.03. The monoisotopic (exact) mass is 317 g/mol. The molecule has 1 N–H and O–H groups in total. The molecular weight excluding hydrogens is 290 g/mol. The quantitative estimate of drug-likeness (QED) is 0.912. The van der Waals surface area contributed by atoms with Gasteiger partial charge in [0.05, 0.1) is 19.8 Å². The third-order valence-corrected chi connectivity index (χ3v) is 4.72. The molecule has 1 aromatic rings. The first kappa shape index (κ1) is 16.4. The molecule has 23 heavy (non-hydrogen) atoms. The molecule has 2 fully saturated rings. The van der Waals surface area contributed by atoms with E-state index in [2.05, 4.69) is 41.4 Å². The average Bonchev–Trinajstić information content (AvgIpc) is 2.59. The molecule has 0 aliphatic carbocycles. The Morgan fingerprint density at radius 3 is 2.52 bits per heavy atom. The molecule has 126 valence electrons. The molecule has 5 heteroatoms. The van der Waals surface area contributed by atoms with Crippen molar-refractivity contribution in [3.05, 3.63) is 29.8 Å². The highest BCUT2D eigenvalue weighted by Gasteiger charge is 2.28. The number of ether oxygens (including phenoxy) is 1. The Labute approximate surface area is 138 Å². The van der Waals surface area contributed by atoms with E-state index in [0.717, 1.165) is 57.9 Å². The number of nitrogens with zero attached hydrogens (tertiary/aromatic N) is 2. The molecule has 2 aliphatic rings. The highest BCUT2D eigenvalue weighted by molar-refractivity contribution is 5.95. The number of carbonyl (C=O) groups excluding carboxylic acids is 1. The molecule has 0 bridgehead atoms. The summed E-state index contributed by atoms with van der Waals surface area (Å²) in [7, 11) is 0. The largest absolute Gasteiger partial charge is 0.379 e. The number of benzene rings is 1. The van der Waals surface area contributed by atoms with Gasteiger partial charge in [-0.1, -0.05) is 17.7 Å². The predicted molar refractivity (Wildman–Crippen MR) is 91.8 cm³/mol. The van der Waals surface area contributed by atoms with Gasteiger partial charge in [0.25, 0.3) is 0 Å². The van der Waals surface area contributed by atoms with E-state index in [0.29, 0.717) is 12.6 Å². The number of piperidine rings is 1. The van der Waals surface area contributed by atoms with Crippen LogP contribution in [0.4, 0.5) is 5.69 Å². The van der Waals surface area contributed by atoms with Gasteiger partial charge in [-0.15, -0.1) is 0 Å². The van der Waals surface area contributed by atoms with E-state index in [9.17, 15) is 4.79 Å². The molecule has 0 saturated carbocycles. The summed E-state index contributed by atoms with van der Waals surface area (Å²) in [6.45, 7) is 7.68. The molecule has 0 aromatic heterocycles. The molecule has 1 amide bonds. The minimum atomic E-state index is 0.211. The minimum absolute atomic E-state index is 0.211. The van der Waals surface area contributed by atoms with Crippen LogP contribution in [0.1, 0.15) is 18.4 Å². The van der Waals surface area contributed by atoms with Gasteiger partial charge in [0.15, 0.2) is 0 Å². The molecule has 2 heterocycles. The number of amides is 1. The maximum absolute atomic E-state index is 13.0. The van der Waals surface area contributed by atoms with Crippen molar-refractivity contribution in [3.8, 4) is 0 Å². The number of aryl methyl sites for hydroxylation is 1. The average molecular weight is 317 g/mol. The molecule has 0 radical (unpaired) electrons. The van der Waals surface area contributed by atoms with Crippen molar-refractivity contribution in [1.82, 2.24) is 10.2 Å². The zero-order chi connectivity index (χ0) is 16.1. The highest BCUT2D eigenvalue weighted by Crippen LogP contribution is 2.23. The Bertz CT molecular complexity index is 506. The third-order valence-electron chi connectivity index (χ3n) is 4.72. The lowest BCUT2D eigenvalue weighted by molar-refractivity contribution is -0.121. The molecule has 5 nitrogen and oxygen atoms in total. The van der Waals surface area contributed by atoms with Crippen molar-refractivity contribution < 1.29 is 9.53 Å². The van der Waals surface area contributed by atoms with E-state index in [-0.39, 0.29) is 5.91 Å². The van der Waals surface area contributed by atoms with Gasteiger partial charge in [0, 0.05) is 24.8 Å². The number of anilines is 1. The van der Waals surface area contributed by atoms with Crippen LogP contribution in [0.2, 0.25) is 0 Å². The second-order valence-corrected chi connectivity index (χ2v) is 6.47. The van der Waals surface area contributed by atoms with Crippen LogP contribution < -0.4 is 10.2 Å². The highest BCUT2D eigenvalue weighted by atomic mass is 16.5. The summed E-state index contributed by atoms with van der Waals surface area (Å²) in [6, 6.07) is 8.63. The molecular formula is C18H27N3O2. The van der Waals surface area contributed by atoms with E-state index in [1.54, 1.807) is 0 Å². The van der Waals surface area contributed by atoms with E-state index in [4.69, 9.17) is 4.74 Å². The van der Waals surface area contributed by atoms with Gasteiger partial charge in [-0.05, 0) is 45.0 Å². The Balaban J connectivity index is 1.75. The summed E-state index contributed by atoms with van der Waals surface area (Å²) in [5, 5.41) is 3.39. The second-order valence-electron chi connectivity index (χ2n) is 6.47.